The van der Waals surface area contributed by atoms with E-state index in [0.29, 0.717) is 45.4 Å². The topological polar surface area (TPSA) is 118 Å². The van der Waals surface area contributed by atoms with Crippen molar-refractivity contribution in [3.63, 3.8) is 0 Å². The van der Waals surface area contributed by atoms with Crippen molar-refractivity contribution in [3.05, 3.63) is 168 Å². The van der Waals surface area contributed by atoms with E-state index >= 15 is 0 Å². The van der Waals surface area contributed by atoms with Gasteiger partial charge in [-0.05, 0) is 132 Å². The van der Waals surface area contributed by atoms with Crippen molar-refractivity contribution in [1.29, 1.82) is 0 Å². The molecular weight excluding hydrogens is 674 g/mol. The van der Waals surface area contributed by atoms with Gasteiger partial charge in [-0.15, -0.1) is 0 Å². The fraction of sp³-hybridized carbons (Fsp3) is 0.0698. The first kappa shape index (κ1) is 35.6. The number of rotatable bonds is 11. The van der Waals surface area contributed by atoms with Crippen molar-refractivity contribution in [2.24, 2.45) is 0 Å². The summed E-state index contributed by atoms with van der Waals surface area (Å²) in [5, 5.41) is 0. The van der Waals surface area contributed by atoms with Gasteiger partial charge in [0.2, 0.25) is 0 Å². The summed E-state index contributed by atoms with van der Waals surface area (Å²) in [6, 6.07) is 40.1. The number of esters is 3. The highest BCUT2D eigenvalue weighted by Crippen LogP contribution is 2.27. The Kier molecular flexibility index (Phi) is 10.9. The zero-order chi connectivity index (χ0) is 37.3. The average molecular weight is 708 g/mol. The summed E-state index contributed by atoms with van der Waals surface area (Å²) in [7, 11) is 4.77. The smallest absolute Gasteiger partial charge is 0.343 e. The Hall–Kier alpha value is -7.20. The molecule has 0 N–H and O–H groups in total. The molecule has 0 aromatic heterocycles. The first-order valence-corrected chi connectivity index (χ1v) is 16.3. The average Bonchev–Trinajstić information content (AvgIpc) is 3.21. The molecule has 1 amide bonds. The number of ether oxygens (including phenoxy) is 5. The Balaban J connectivity index is 1.01. The number of hydrogen-bond donors (Lipinski definition) is 0. The highest BCUT2D eigenvalue weighted by Gasteiger charge is 2.16. The van der Waals surface area contributed by atoms with E-state index in [-0.39, 0.29) is 17.2 Å². The zero-order valence-electron chi connectivity index (χ0n) is 29.0. The Labute approximate surface area is 305 Å². The van der Waals surface area contributed by atoms with Gasteiger partial charge in [0.05, 0.1) is 30.9 Å². The van der Waals surface area contributed by atoms with Crippen LogP contribution >= 0.6 is 0 Å². The Morgan fingerprint density at radius 3 is 1.00 bits per heavy atom. The van der Waals surface area contributed by atoms with Crippen LogP contribution < -0.4 is 28.6 Å². The van der Waals surface area contributed by atoms with E-state index in [1.165, 1.54) is 29.2 Å². The van der Waals surface area contributed by atoms with Crippen LogP contribution in [0.15, 0.2) is 146 Å². The molecule has 0 atom stereocenters. The monoisotopic (exact) mass is 707 g/mol. The lowest BCUT2D eigenvalue weighted by atomic mass is 10.0. The standard InChI is InChI=1S/C43H33NO9/c1-44(40(45)30-8-24-38(25-9-30)52-41(46)31-10-18-35(49-2)19-11-31)34-16-4-28(5-17-34)29-6-22-37(23-7-29)51-43(48)33-14-26-39(27-15-33)53-42(47)32-12-20-36(50-3)21-13-32/h4-27H,1-3H3. The molecule has 264 valence electrons. The highest BCUT2D eigenvalue weighted by atomic mass is 16.5. The molecule has 0 unspecified atom stereocenters. The molecule has 0 aliphatic rings. The van der Waals surface area contributed by atoms with Crippen molar-refractivity contribution in [2.45, 2.75) is 0 Å². The van der Waals surface area contributed by atoms with Crippen molar-refractivity contribution in [1.82, 2.24) is 0 Å². The molecule has 0 aliphatic carbocycles. The van der Waals surface area contributed by atoms with Gasteiger partial charge in [0, 0.05) is 18.3 Å². The fourth-order valence-electron chi connectivity index (χ4n) is 5.18. The predicted molar refractivity (Wildman–Crippen MR) is 198 cm³/mol. The Morgan fingerprint density at radius 2 is 0.660 bits per heavy atom. The van der Waals surface area contributed by atoms with E-state index < -0.39 is 17.9 Å². The van der Waals surface area contributed by atoms with Crippen molar-refractivity contribution < 1.29 is 42.9 Å². The lowest BCUT2D eigenvalue weighted by molar-refractivity contribution is 0.0723. The van der Waals surface area contributed by atoms with Crippen LogP contribution in [0.2, 0.25) is 0 Å². The molecule has 6 aromatic carbocycles. The summed E-state index contributed by atoms with van der Waals surface area (Å²) in [4.78, 5) is 52.4. The largest absolute Gasteiger partial charge is 0.497 e. The third-order valence-corrected chi connectivity index (χ3v) is 8.22. The summed E-state index contributed by atoms with van der Waals surface area (Å²) < 4.78 is 26.6. The van der Waals surface area contributed by atoms with Crippen molar-refractivity contribution in [2.75, 3.05) is 26.2 Å². The number of amides is 1. The number of carbonyl (C=O) groups is 4. The van der Waals surface area contributed by atoms with Crippen LogP contribution in [0.5, 0.6) is 28.7 Å². The summed E-state index contributed by atoms with van der Waals surface area (Å²) in [6.07, 6.45) is 0. The lowest BCUT2D eigenvalue weighted by Crippen LogP contribution is -2.26. The molecule has 0 saturated carbocycles. The first-order chi connectivity index (χ1) is 25.7. The van der Waals surface area contributed by atoms with Gasteiger partial charge < -0.3 is 28.6 Å². The molecule has 0 saturated heterocycles. The van der Waals surface area contributed by atoms with Gasteiger partial charge in [-0.2, -0.15) is 0 Å². The van der Waals surface area contributed by atoms with Crippen molar-refractivity contribution in [3.8, 4) is 39.9 Å². The fourth-order valence-corrected chi connectivity index (χ4v) is 5.18. The van der Waals surface area contributed by atoms with E-state index in [1.54, 1.807) is 106 Å². The summed E-state index contributed by atoms with van der Waals surface area (Å²) in [5.74, 6) is 0.368. The molecular formula is C43H33NO9. The predicted octanol–water partition coefficient (Wildman–Crippen LogP) is 8.31. The van der Waals surface area contributed by atoms with Gasteiger partial charge in [-0.3, -0.25) is 4.79 Å². The Morgan fingerprint density at radius 1 is 0.377 bits per heavy atom. The van der Waals surface area contributed by atoms with Crippen LogP contribution in [0, 0.1) is 0 Å². The van der Waals surface area contributed by atoms with Gasteiger partial charge >= 0.3 is 17.9 Å². The Bertz CT molecular complexity index is 2210. The molecule has 53 heavy (non-hydrogen) atoms. The van der Waals surface area contributed by atoms with Gasteiger partial charge in [0.15, 0.2) is 0 Å². The third-order valence-electron chi connectivity index (χ3n) is 8.22. The quantitative estimate of drug-likeness (QED) is 0.0968. The molecule has 0 radical (unpaired) electrons. The molecule has 10 nitrogen and oxygen atoms in total. The first-order valence-electron chi connectivity index (χ1n) is 16.3. The van der Waals surface area contributed by atoms with Crippen LogP contribution in [0.4, 0.5) is 5.69 Å². The van der Waals surface area contributed by atoms with Crippen LogP contribution in [-0.2, 0) is 0 Å². The van der Waals surface area contributed by atoms with Gasteiger partial charge in [-0.1, -0.05) is 24.3 Å². The SMILES string of the molecule is COc1ccc(C(=O)Oc2ccc(C(=O)Oc3ccc(-c4ccc(N(C)C(=O)c5ccc(OC(=O)c6ccc(OC)cc6)cc5)cc4)cc3)cc2)cc1. The van der Waals surface area contributed by atoms with Gasteiger partial charge in [0.1, 0.15) is 28.7 Å². The van der Waals surface area contributed by atoms with E-state index in [0.717, 1.165) is 11.1 Å². The number of nitrogens with zero attached hydrogens (tertiary/aromatic N) is 1. The van der Waals surface area contributed by atoms with Crippen LogP contribution in [0.25, 0.3) is 11.1 Å². The van der Waals surface area contributed by atoms with E-state index in [9.17, 15) is 19.2 Å². The minimum absolute atomic E-state index is 0.235. The molecule has 0 spiro atoms. The van der Waals surface area contributed by atoms with Gasteiger partial charge in [-0.25, -0.2) is 14.4 Å². The lowest BCUT2D eigenvalue weighted by Gasteiger charge is -2.18. The summed E-state index contributed by atoms with van der Waals surface area (Å²) in [5.41, 5.74) is 3.92. The second-order valence-corrected chi connectivity index (χ2v) is 11.6. The van der Waals surface area contributed by atoms with E-state index in [4.69, 9.17) is 23.7 Å². The molecule has 0 aliphatic heterocycles. The molecule has 10 heteroatoms. The number of benzene rings is 6. The number of anilines is 1. The summed E-state index contributed by atoms with van der Waals surface area (Å²) >= 11 is 0. The minimum atomic E-state index is -0.563. The second kappa shape index (κ2) is 16.2. The molecule has 6 aromatic rings. The molecule has 6 rings (SSSR count). The van der Waals surface area contributed by atoms with E-state index in [2.05, 4.69) is 0 Å². The maximum absolute atomic E-state index is 13.2. The van der Waals surface area contributed by atoms with Crippen LogP contribution in [-0.4, -0.2) is 45.1 Å². The van der Waals surface area contributed by atoms with E-state index in [1.807, 2.05) is 36.4 Å². The number of hydrogen-bond acceptors (Lipinski definition) is 9. The highest BCUT2D eigenvalue weighted by molar-refractivity contribution is 6.06. The maximum atomic E-state index is 13.2. The second-order valence-electron chi connectivity index (χ2n) is 11.6. The number of carbonyl (C=O) groups excluding carboxylic acids is 4. The van der Waals surface area contributed by atoms with Crippen LogP contribution in [0.3, 0.4) is 0 Å². The number of methoxy groups -OCH3 is 2. The molecule has 0 bridgehead atoms. The minimum Gasteiger partial charge on any atom is -0.497 e. The molecule has 0 fully saturated rings. The normalized spacial score (nSPS) is 10.5. The zero-order valence-corrected chi connectivity index (χ0v) is 29.0. The van der Waals surface area contributed by atoms with Gasteiger partial charge in [0.25, 0.3) is 5.91 Å². The summed E-state index contributed by atoms with van der Waals surface area (Å²) in [6.45, 7) is 0. The third kappa shape index (κ3) is 8.76. The van der Waals surface area contributed by atoms with Crippen molar-refractivity contribution >= 4 is 29.5 Å². The van der Waals surface area contributed by atoms with Crippen LogP contribution in [0.1, 0.15) is 41.4 Å². The molecule has 0 heterocycles. The maximum Gasteiger partial charge on any atom is 0.343 e.